The molecular weight excluding hydrogens is 264 g/mol. The smallest absolute Gasteiger partial charge is 0.101 e. The third kappa shape index (κ3) is 1.98. The second kappa shape index (κ2) is 4.46. The second-order valence-corrected chi connectivity index (χ2v) is 4.41. The molecule has 3 heteroatoms. The van der Waals surface area contributed by atoms with E-state index in [4.69, 9.17) is 5.26 Å². The van der Waals surface area contributed by atoms with Gasteiger partial charge in [0.25, 0.3) is 0 Å². The first-order valence-electron chi connectivity index (χ1n) is 4.83. The predicted molar refractivity (Wildman–Crippen MR) is 66.8 cm³/mol. The minimum absolute atomic E-state index is 0.601. The zero-order valence-electron chi connectivity index (χ0n) is 8.74. The van der Waals surface area contributed by atoms with E-state index >= 15 is 0 Å². The molecule has 78 valence electrons. The van der Waals surface area contributed by atoms with Gasteiger partial charge in [0.2, 0.25) is 0 Å². The summed E-state index contributed by atoms with van der Waals surface area (Å²) in [4.78, 5) is 3.96. The van der Waals surface area contributed by atoms with E-state index in [1.54, 1.807) is 12.4 Å². The molecule has 0 radical (unpaired) electrons. The predicted octanol–water partition coefficient (Wildman–Crippen LogP) is 3.69. The van der Waals surface area contributed by atoms with Gasteiger partial charge >= 0.3 is 0 Å². The number of rotatable bonds is 1. The average Bonchev–Trinajstić information content (AvgIpc) is 2.32. The van der Waals surface area contributed by atoms with Crippen LogP contribution in [0.1, 0.15) is 11.1 Å². The maximum absolute atomic E-state index is 9.04. The number of benzene rings is 1. The summed E-state index contributed by atoms with van der Waals surface area (Å²) in [5.74, 6) is 0. The van der Waals surface area contributed by atoms with Crippen LogP contribution in [0.5, 0.6) is 0 Å². The molecule has 0 fully saturated rings. The van der Waals surface area contributed by atoms with E-state index in [0.717, 1.165) is 21.2 Å². The van der Waals surface area contributed by atoms with E-state index in [-0.39, 0.29) is 0 Å². The van der Waals surface area contributed by atoms with Crippen molar-refractivity contribution in [3.63, 3.8) is 0 Å². The van der Waals surface area contributed by atoms with Crippen LogP contribution in [0.3, 0.4) is 0 Å². The van der Waals surface area contributed by atoms with Crippen molar-refractivity contribution < 1.29 is 0 Å². The molecule has 0 N–H and O–H groups in total. The lowest BCUT2D eigenvalue weighted by Gasteiger charge is -2.07. The molecule has 0 unspecified atom stereocenters. The number of hydrogen-bond donors (Lipinski definition) is 0. The topological polar surface area (TPSA) is 36.7 Å². The van der Waals surface area contributed by atoms with Crippen LogP contribution in [0.25, 0.3) is 11.1 Å². The van der Waals surface area contributed by atoms with Crippen LogP contribution in [-0.2, 0) is 0 Å². The van der Waals surface area contributed by atoms with E-state index in [1.165, 1.54) is 0 Å². The van der Waals surface area contributed by atoms with Crippen molar-refractivity contribution in [3.05, 3.63) is 52.3 Å². The lowest BCUT2D eigenvalue weighted by Crippen LogP contribution is -1.88. The summed E-state index contributed by atoms with van der Waals surface area (Å²) in [6.07, 6.45) is 3.30. The molecule has 0 aliphatic heterocycles. The van der Waals surface area contributed by atoms with Crippen LogP contribution >= 0.6 is 15.9 Å². The lowest BCUT2D eigenvalue weighted by atomic mass is 9.98. The number of nitriles is 1. The van der Waals surface area contributed by atoms with Gasteiger partial charge in [-0.3, -0.25) is 4.98 Å². The zero-order valence-corrected chi connectivity index (χ0v) is 10.3. The Balaban J connectivity index is 2.68. The van der Waals surface area contributed by atoms with Gasteiger partial charge in [-0.15, -0.1) is 0 Å². The monoisotopic (exact) mass is 272 g/mol. The van der Waals surface area contributed by atoms with Crippen LogP contribution in [0.2, 0.25) is 0 Å². The molecule has 2 rings (SSSR count). The Bertz CT molecular complexity index is 570. The van der Waals surface area contributed by atoms with Gasteiger partial charge in [-0.1, -0.05) is 22.0 Å². The Kier molecular flexibility index (Phi) is 3.02. The average molecular weight is 273 g/mol. The number of nitrogens with zero attached hydrogens (tertiary/aromatic N) is 2. The Hall–Kier alpha value is -1.66. The minimum Gasteiger partial charge on any atom is -0.263 e. The molecule has 0 aliphatic rings. The molecule has 0 aliphatic carbocycles. The molecule has 2 nitrogen and oxygen atoms in total. The van der Waals surface area contributed by atoms with E-state index in [9.17, 15) is 0 Å². The highest BCUT2D eigenvalue weighted by Gasteiger charge is 2.07. The van der Waals surface area contributed by atoms with Crippen molar-refractivity contribution in [1.82, 2.24) is 4.98 Å². The molecule has 16 heavy (non-hydrogen) atoms. The van der Waals surface area contributed by atoms with Crippen molar-refractivity contribution in [2.45, 2.75) is 6.92 Å². The Labute approximate surface area is 103 Å². The summed E-state index contributed by atoms with van der Waals surface area (Å²) in [5, 5.41) is 9.04. The van der Waals surface area contributed by atoms with Gasteiger partial charge in [0, 0.05) is 22.4 Å². The van der Waals surface area contributed by atoms with Crippen LogP contribution in [0, 0.1) is 18.3 Å². The van der Waals surface area contributed by atoms with E-state index in [2.05, 4.69) is 27.0 Å². The molecular formula is C13H9BrN2. The van der Waals surface area contributed by atoms with Crippen molar-refractivity contribution in [2.75, 3.05) is 0 Å². The summed E-state index contributed by atoms with van der Waals surface area (Å²) in [6.45, 7) is 2.03. The molecule has 1 aromatic heterocycles. The number of halogens is 1. The maximum Gasteiger partial charge on any atom is 0.101 e. The quantitative estimate of drug-likeness (QED) is 0.794. The fraction of sp³-hybridized carbons (Fsp3) is 0.0769. The van der Waals surface area contributed by atoms with Crippen LogP contribution in [0.4, 0.5) is 0 Å². The van der Waals surface area contributed by atoms with Gasteiger partial charge in [-0.2, -0.15) is 5.26 Å². The molecule has 0 bridgehead atoms. The first-order chi connectivity index (χ1) is 7.72. The van der Waals surface area contributed by atoms with E-state index < -0.39 is 0 Å². The Morgan fingerprint density at radius 1 is 1.25 bits per heavy atom. The SMILES string of the molecule is Cc1ccc(Br)cc1-c1ccncc1C#N. The van der Waals surface area contributed by atoms with Crippen LogP contribution in [-0.4, -0.2) is 4.98 Å². The van der Waals surface area contributed by atoms with Gasteiger partial charge in [0.05, 0.1) is 5.56 Å². The van der Waals surface area contributed by atoms with Gasteiger partial charge in [0.1, 0.15) is 6.07 Å². The first-order valence-corrected chi connectivity index (χ1v) is 5.62. The third-order valence-corrected chi connectivity index (χ3v) is 2.92. The summed E-state index contributed by atoms with van der Waals surface area (Å²) in [5.41, 5.74) is 3.74. The van der Waals surface area contributed by atoms with Crippen molar-refractivity contribution in [3.8, 4) is 17.2 Å². The summed E-state index contributed by atoms with van der Waals surface area (Å²) >= 11 is 3.44. The molecule has 2 aromatic rings. The highest BCUT2D eigenvalue weighted by molar-refractivity contribution is 9.10. The lowest BCUT2D eigenvalue weighted by molar-refractivity contribution is 1.29. The van der Waals surface area contributed by atoms with Crippen LogP contribution < -0.4 is 0 Å². The van der Waals surface area contributed by atoms with Gasteiger partial charge in [-0.05, 0) is 36.2 Å². The molecule has 0 spiro atoms. The fourth-order valence-corrected chi connectivity index (χ4v) is 1.96. The fourth-order valence-electron chi connectivity index (χ4n) is 1.60. The highest BCUT2D eigenvalue weighted by atomic mass is 79.9. The largest absolute Gasteiger partial charge is 0.263 e. The second-order valence-electron chi connectivity index (χ2n) is 3.49. The number of hydrogen-bond acceptors (Lipinski definition) is 2. The van der Waals surface area contributed by atoms with Gasteiger partial charge in [-0.25, -0.2) is 0 Å². The zero-order chi connectivity index (χ0) is 11.5. The van der Waals surface area contributed by atoms with E-state index in [0.29, 0.717) is 5.56 Å². The standard InChI is InChI=1S/C13H9BrN2/c1-9-2-3-11(14)6-13(9)12-4-5-16-8-10(12)7-15/h2-6,8H,1H3. The van der Waals surface area contributed by atoms with Gasteiger partial charge < -0.3 is 0 Å². The molecule has 0 atom stereocenters. The summed E-state index contributed by atoms with van der Waals surface area (Å²) in [7, 11) is 0. The molecule has 1 heterocycles. The molecule has 0 saturated carbocycles. The van der Waals surface area contributed by atoms with E-state index in [1.807, 2.05) is 31.2 Å². The number of pyridine rings is 1. The number of aryl methyl sites for hydroxylation is 1. The van der Waals surface area contributed by atoms with Crippen LogP contribution in [0.15, 0.2) is 41.1 Å². The van der Waals surface area contributed by atoms with Crippen molar-refractivity contribution >= 4 is 15.9 Å². The molecule has 0 amide bonds. The Morgan fingerprint density at radius 3 is 2.81 bits per heavy atom. The van der Waals surface area contributed by atoms with Crippen molar-refractivity contribution in [2.24, 2.45) is 0 Å². The summed E-state index contributed by atoms with van der Waals surface area (Å²) < 4.78 is 1.01. The van der Waals surface area contributed by atoms with Crippen molar-refractivity contribution in [1.29, 1.82) is 5.26 Å². The summed E-state index contributed by atoms with van der Waals surface area (Å²) in [6, 6.07) is 10.1. The molecule has 1 aromatic carbocycles. The third-order valence-electron chi connectivity index (χ3n) is 2.43. The highest BCUT2D eigenvalue weighted by Crippen LogP contribution is 2.28. The molecule has 0 saturated heterocycles. The number of aromatic nitrogens is 1. The normalized spacial score (nSPS) is 9.81. The minimum atomic E-state index is 0.601. The van der Waals surface area contributed by atoms with Gasteiger partial charge in [0.15, 0.2) is 0 Å². The Morgan fingerprint density at radius 2 is 2.06 bits per heavy atom. The maximum atomic E-state index is 9.04. The first kappa shape index (κ1) is 10.8.